The number of ether oxygens (including phenoxy) is 1. The molecule has 132 valence electrons. The second kappa shape index (κ2) is 7.27. The lowest BCUT2D eigenvalue weighted by atomic mass is 10.0. The number of nitrogens with zero attached hydrogens (tertiary/aromatic N) is 1. The molecule has 0 fully saturated rings. The summed E-state index contributed by atoms with van der Waals surface area (Å²) in [6, 6.07) is 15.6. The number of carbonyl (C=O) groups excluding carboxylic acids is 2. The van der Waals surface area contributed by atoms with E-state index in [9.17, 15) is 14.7 Å². The van der Waals surface area contributed by atoms with Crippen LogP contribution in [0.2, 0.25) is 0 Å². The Morgan fingerprint density at radius 3 is 2.54 bits per heavy atom. The largest absolute Gasteiger partial charge is 0.508 e. The van der Waals surface area contributed by atoms with E-state index in [1.807, 2.05) is 30.3 Å². The van der Waals surface area contributed by atoms with Gasteiger partial charge < -0.3 is 9.84 Å². The summed E-state index contributed by atoms with van der Waals surface area (Å²) in [7, 11) is 0. The van der Waals surface area contributed by atoms with E-state index in [1.54, 1.807) is 38.1 Å². The molecule has 1 aliphatic rings. The Hall–Kier alpha value is -3.34. The predicted molar refractivity (Wildman–Crippen MR) is 99.3 cm³/mol. The fourth-order valence-corrected chi connectivity index (χ4v) is 2.95. The third-order valence-corrected chi connectivity index (χ3v) is 4.08. The maximum atomic E-state index is 13.1. The van der Waals surface area contributed by atoms with Crippen LogP contribution in [0.5, 0.6) is 5.75 Å². The lowest BCUT2D eigenvalue weighted by molar-refractivity contribution is -0.138. The number of aromatic hydroxyl groups is 1. The van der Waals surface area contributed by atoms with Crippen LogP contribution in [0.4, 0.5) is 5.69 Å². The number of carbonyl (C=O) groups is 2. The molecule has 26 heavy (non-hydrogen) atoms. The topological polar surface area (TPSA) is 66.8 Å². The SMILES string of the molecule is CCOC(=O)C1=C(C)N(c2ccccc2)C(=O)/C1=C\c1cccc(O)c1. The zero-order chi connectivity index (χ0) is 18.7. The van der Waals surface area contributed by atoms with Crippen LogP contribution in [0.1, 0.15) is 19.4 Å². The molecule has 1 aliphatic heterocycles. The Morgan fingerprint density at radius 1 is 1.15 bits per heavy atom. The molecular formula is C21H19NO4. The first-order chi connectivity index (χ1) is 12.5. The number of hydrogen-bond donors (Lipinski definition) is 1. The Balaban J connectivity index is 2.13. The highest BCUT2D eigenvalue weighted by molar-refractivity contribution is 6.23. The molecule has 0 atom stereocenters. The fourth-order valence-electron chi connectivity index (χ4n) is 2.95. The molecule has 5 heteroatoms. The lowest BCUT2D eigenvalue weighted by Crippen LogP contribution is -2.24. The summed E-state index contributed by atoms with van der Waals surface area (Å²) in [5, 5.41) is 9.67. The lowest BCUT2D eigenvalue weighted by Gasteiger charge is -2.17. The molecule has 1 heterocycles. The summed E-state index contributed by atoms with van der Waals surface area (Å²) < 4.78 is 5.15. The highest BCUT2D eigenvalue weighted by Gasteiger charge is 2.37. The van der Waals surface area contributed by atoms with Gasteiger partial charge in [0.15, 0.2) is 0 Å². The van der Waals surface area contributed by atoms with Gasteiger partial charge in [0.2, 0.25) is 0 Å². The van der Waals surface area contributed by atoms with Crippen LogP contribution < -0.4 is 4.90 Å². The molecule has 5 nitrogen and oxygen atoms in total. The smallest absolute Gasteiger partial charge is 0.340 e. The van der Waals surface area contributed by atoms with Gasteiger partial charge in [0, 0.05) is 11.4 Å². The average Bonchev–Trinajstić information content (AvgIpc) is 2.86. The Labute approximate surface area is 151 Å². The zero-order valence-corrected chi connectivity index (χ0v) is 14.6. The van der Waals surface area contributed by atoms with E-state index in [4.69, 9.17) is 4.74 Å². The van der Waals surface area contributed by atoms with Crippen molar-refractivity contribution in [2.24, 2.45) is 0 Å². The van der Waals surface area contributed by atoms with E-state index in [2.05, 4.69) is 0 Å². The van der Waals surface area contributed by atoms with Crippen molar-refractivity contribution < 1.29 is 19.4 Å². The molecule has 0 saturated heterocycles. The molecule has 0 saturated carbocycles. The minimum Gasteiger partial charge on any atom is -0.508 e. The summed E-state index contributed by atoms with van der Waals surface area (Å²) in [5.74, 6) is -0.758. The molecule has 1 amide bonds. The van der Waals surface area contributed by atoms with E-state index in [1.165, 1.54) is 11.0 Å². The minimum absolute atomic E-state index is 0.0862. The van der Waals surface area contributed by atoms with Gasteiger partial charge in [0.1, 0.15) is 5.75 Å². The first kappa shape index (κ1) is 17.5. The van der Waals surface area contributed by atoms with Gasteiger partial charge in [-0.3, -0.25) is 9.69 Å². The molecule has 0 unspecified atom stereocenters. The third kappa shape index (κ3) is 3.24. The Morgan fingerprint density at radius 2 is 1.88 bits per heavy atom. The number of rotatable bonds is 4. The van der Waals surface area contributed by atoms with Crippen LogP contribution >= 0.6 is 0 Å². The summed E-state index contributed by atoms with van der Waals surface area (Å²) in [6.45, 7) is 3.66. The van der Waals surface area contributed by atoms with E-state index < -0.39 is 5.97 Å². The van der Waals surface area contributed by atoms with Crippen molar-refractivity contribution in [1.29, 1.82) is 0 Å². The van der Waals surface area contributed by atoms with Crippen LogP contribution in [-0.4, -0.2) is 23.6 Å². The fraction of sp³-hybridized carbons (Fsp3) is 0.143. The quantitative estimate of drug-likeness (QED) is 0.676. The van der Waals surface area contributed by atoms with Crippen molar-refractivity contribution in [3.63, 3.8) is 0 Å². The number of esters is 1. The number of benzene rings is 2. The number of hydrogen-bond acceptors (Lipinski definition) is 4. The second-order valence-corrected chi connectivity index (χ2v) is 5.81. The molecule has 0 aromatic heterocycles. The second-order valence-electron chi connectivity index (χ2n) is 5.81. The summed E-state index contributed by atoms with van der Waals surface area (Å²) in [5.41, 5.74) is 2.31. The number of para-hydroxylation sites is 1. The van der Waals surface area contributed by atoms with Gasteiger partial charge in [-0.05, 0) is 49.8 Å². The van der Waals surface area contributed by atoms with Crippen LogP contribution in [-0.2, 0) is 14.3 Å². The van der Waals surface area contributed by atoms with Gasteiger partial charge in [-0.2, -0.15) is 0 Å². The van der Waals surface area contributed by atoms with Gasteiger partial charge in [-0.15, -0.1) is 0 Å². The monoisotopic (exact) mass is 349 g/mol. The molecule has 2 aromatic carbocycles. The highest BCUT2D eigenvalue weighted by Crippen LogP contribution is 2.35. The predicted octanol–water partition coefficient (Wildman–Crippen LogP) is 3.66. The number of anilines is 1. The van der Waals surface area contributed by atoms with Crippen LogP contribution in [0.25, 0.3) is 6.08 Å². The van der Waals surface area contributed by atoms with E-state index in [0.717, 1.165) is 0 Å². The molecule has 0 spiro atoms. The van der Waals surface area contributed by atoms with E-state index in [0.29, 0.717) is 16.9 Å². The van der Waals surface area contributed by atoms with Crippen LogP contribution in [0.3, 0.4) is 0 Å². The molecule has 0 bridgehead atoms. The maximum Gasteiger partial charge on any atom is 0.340 e. The van der Waals surface area contributed by atoms with E-state index in [-0.39, 0.29) is 29.4 Å². The van der Waals surface area contributed by atoms with Crippen molar-refractivity contribution in [3.8, 4) is 5.75 Å². The molecule has 3 rings (SSSR count). The van der Waals surface area contributed by atoms with Crippen molar-refractivity contribution in [2.45, 2.75) is 13.8 Å². The number of amides is 1. The van der Waals surface area contributed by atoms with Crippen molar-refractivity contribution in [1.82, 2.24) is 0 Å². The summed E-state index contributed by atoms with van der Waals surface area (Å²) in [4.78, 5) is 27.1. The average molecular weight is 349 g/mol. The number of allylic oxidation sites excluding steroid dienone is 1. The standard InChI is InChI=1S/C21H19NO4/c1-3-26-21(25)19-14(2)22(16-9-5-4-6-10-16)20(24)18(19)13-15-8-7-11-17(23)12-15/h4-13,23H,3H2,1-2H3/b18-13-. The van der Waals surface area contributed by atoms with Gasteiger partial charge >= 0.3 is 5.97 Å². The van der Waals surface area contributed by atoms with Gasteiger partial charge in [0.25, 0.3) is 5.91 Å². The minimum atomic E-state index is -0.539. The van der Waals surface area contributed by atoms with Gasteiger partial charge in [0.05, 0.1) is 17.8 Å². The number of phenols is 1. The maximum absolute atomic E-state index is 13.1. The first-order valence-corrected chi connectivity index (χ1v) is 8.31. The summed E-state index contributed by atoms with van der Waals surface area (Å²) in [6.07, 6.45) is 1.60. The molecule has 0 radical (unpaired) electrons. The molecular weight excluding hydrogens is 330 g/mol. The first-order valence-electron chi connectivity index (χ1n) is 8.31. The van der Waals surface area contributed by atoms with Crippen LogP contribution in [0, 0.1) is 0 Å². The third-order valence-electron chi connectivity index (χ3n) is 4.08. The summed E-state index contributed by atoms with van der Waals surface area (Å²) >= 11 is 0. The van der Waals surface area contributed by atoms with Crippen molar-refractivity contribution in [2.75, 3.05) is 11.5 Å². The van der Waals surface area contributed by atoms with Crippen LogP contribution in [0.15, 0.2) is 71.4 Å². The Kier molecular flexibility index (Phi) is 4.89. The van der Waals surface area contributed by atoms with Crippen molar-refractivity contribution in [3.05, 3.63) is 77.0 Å². The molecule has 2 aromatic rings. The molecule has 1 N–H and O–H groups in total. The van der Waals surface area contributed by atoms with Crippen molar-refractivity contribution >= 4 is 23.6 Å². The Bertz CT molecular complexity index is 913. The van der Waals surface area contributed by atoms with E-state index >= 15 is 0 Å². The highest BCUT2D eigenvalue weighted by atomic mass is 16.5. The van der Waals surface area contributed by atoms with Gasteiger partial charge in [-0.1, -0.05) is 30.3 Å². The number of phenolic OH excluding ortho intramolecular Hbond substituents is 1. The molecule has 0 aliphatic carbocycles. The van der Waals surface area contributed by atoms with Gasteiger partial charge in [-0.25, -0.2) is 4.79 Å². The normalized spacial score (nSPS) is 15.7. The zero-order valence-electron chi connectivity index (χ0n) is 14.6.